The van der Waals surface area contributed by atoms with Crippen molar-refractivity contribution in [3.8, 4) is 0 Å². The normalized spacial score (nSPS) is 19.7. The standard InChI is InChI=1S/C10H12FNO/c1-13-6-7-5-8-9(11)3-2-4-10(8)12-7/h2-4,7,12H,5-6H2,1H3/t7-/m0/s1. The topological polar surface area (TPSA) is 21.3 Å². The molecule has 0 aromatic heterocycles. The molecule has 1 aliphatic rings. The Labute approximate surface area is 76.7 Å². The molecule has 0 spiro atoms. The van der Waals surface area contributed by atoms with E-state index >= 15 is 0 Å². The number of ether oxygens (including phenoxy) is 1. The van der Waals surface area contributed by atoms with Gasteiger partial charge in [-0.15, -0.1) is 0 Å². The van der Waals surface area contributed by atoms with E-state index in [1.54, 1.807) is 13.2 Å². The van der Waals surface area contributed by atoms with E-state index in [0.29, 0.717) is 6.61 Å². The molecule has 1 aromatic rings. The zero-order valence-electron chi connectivity index (χ0n) is 7.51. The summed E-state index contributed by atoms with van der Waals surface area (Å²) in [6.07, 6.45) is 0.718. The highest BCUT2D eigenvalue weighted by molar-refractivity contribution is 5.57. The van der Waals surface area contributed by atoms with Crippen LogP contribution in [0.1, 0.15) is 5.56 Å². The molecule has 2 nitrogen and oxygen atoms in total. The van der Waals surface area contributed by atoms with Crippen LogP contribution in [0, 0.1) is 5.82 Å². The molecule has 1 heterocycles. The van der Waals surface area contributed by atoms with E-state index in [-0.39, 0.29) is 11.9 Å². The van der Waals surface area contributed by atoms with Gasteiger partial charge in [-0.3, -0.25) is 0 Å². The van der Waals surface area contributed by atoms with Crippen LogP contribution in [0.25, 0.3) is 0 Å². The zero-order chi connectivity index (χ0) is 9.26. The fraction of sp³-hybridized carbons (Fsp3) is 0.400. The van der Waals surface area contributed by atoms with Gasteiger partial charge >= 0.3 is 0 Å². The van der Waals surface area contributed by atoms with Crippen LogP contribution in [-0.4, -0.2) is 19.8 Å². The summed E-state index contributed by atoms with van der Waals surface area (Å²) in [4.78, 5) is 0. The zero-order valence-corrected chi connectivity index (χ0v) is 7.51. The highest BCUT2D eigenvalue weighted by Gasteiger charge is 2.22. The van der Waals surface area contributed by atoms with Gasteiger partial charge in [0.15, 0.2) is 0 Å². The average molecular weight is 181 g/mol. The maximum atomic E-state index is 13.2. The maximum Gasteiger partial charge on any atom is 0.128 e. The Morgan fingerprint density at radius 2 is 2.46 bits per heavy atom. The summed E-state index contributed by atoms with van der Waals surface area (Å²) < 4.78 is 18.2. The maximum absolute atomic E-state index is 13.2. The highest BCUT2D eigenvalue weighted by atomic mass is 19.1. The number of halogens is 1. The summed E-state index contributed by atoms with van der Waals surface area (Å²) in [5.41, 5.74) is 1.69. The van der Waals surface area contributed by atoms with E-state index in [1.165, 1.54) is 6.07 Å². The van der Waals surface area contributed by atoms with Crippen LogP contribution in [0.2, 0.25) is 0 Å². The second kappa shape index (κ2) is 3.34. The summed E-state index contributed by atoms with van der Waals surface area (Å²) in [5.74, 6) is -0.122. The van der Waals surface area contributed by atoms with Gasteiger partial charge < -0.3 is 10.1 Å². The van der Waals surface area contributed by atoms with Crippen LogP contribution >= 0.6 is 0 Å². The molecule has 70 valence electrons. The molecule has 1 atom stereocenters. The number of hydrogen-bond donors (Lipinski definition) is 1. The summed E-state index contributed by atoms with van der Waals surface area (Å²) in [6, 6.07) is 5.33. The molecule has 0 unspecified atom stereocenters. The van der Waals surface area contributed by atoms with Gasteiger partial charge in [0.1, 0.15) is 5.82 Å². The van der Waals surface area contributed by atoms with Crippen molar-refractivity contribution < 1.29 is 9.13 Å². The lowest BCUT2D eigenvalue weighted by atomic mass is 10.1. The number of hydrogen-bond acceptors (Lipinski definition) is 2. The minimum absolute atomic E-state index is 0.122. The first-order valence-corrected chi connectivity index (χ1v) is 4.34. The molecule has 0 aliphatic carbocycles. The number of methoxy groups -OCH3 is 1. The molecule has 1 aliphatic heterocycles. The highest BCUT2D eigenvalue weighted by Crippen LogP contribution is 2.27. The third-order valence-electron chi connectivity index (χ3n) is 2.30. The van der Waals surface area contributed by atoms with E-state index in [4.69, 9.17) is 4.74 Å². The van der Waals surface area contributed by atoms with Gasteiger partial charge in [0.05, 0.1) is 12.6 Å². The SMILES string of the molecule is COC[C@@H]1Cc2c(F)cccc2N1. The molecule has 0 amide bonds. The van der Waals surface area contributed by atoms with Crippen LogP contribution in [0.4, 0.5) is 10.1 Å². The molecule has 0 fully saturated rings. The molecule has 0 bridgehead atoms. The van der Waals surface area contributed by atoms with Gasteiger partial charge in [0, 0.05) is 18.4 Å². The minimum atomic E-state index is -0.122. The van der Waals surface area contributed by atoms with Gasteiger partial charge in [0.2, 0.25) is 0 Å². The van der Waals surface area contributed by atoms with E-state index in [0.717, 1.165) is 17.7 Å². The largest absolute Gasteiger partial charge is 0.383 e. The lowest BCUT2D eigenvalue weighted by molar-refractivity contribution is 0.187. The lowest BCUT2D eigenvalue weighted by Gasteiger charge is -2.08. The Morgan fingerprint density at radius 1 is 1.62 bits per heavy atom. The van der Waals surface area contributed by atoms with Crippen molar-refractivity contribution in [2.45, 2.75) is 12.5 Å². The number of rotatable bonds is 2. The van der Waals surface area contributed by atoms with Crippen LogP contribution in [0.15, 0.2) is 18.2 Å². The second-order valence-electron chi connectivity index (χ2n) is 3.27. The fourth-order valence-corrected chi connectivity index (χ4v) is 1.72. The molecule has 0 saturated heterocycles. The average Bonchev–Trinajstić information content (AvgIpc) is 2.49. The lowest BCUT2D eigenvalue weighted by Crippen LogP contribution is -2.21. The Kier molecular flexibility index (Phi) is 2.19. The van der Waals surface area contributed by atoms with Crippen LogP contribution in [0.3, 0.4) is 0 Å². The van der Waals surface area contributed by atoms with Crippen molar-refractivity contribution in [2.24, 2.45) is 0 Å². The van der Waals surface area contributed by atoms with Crippen LogP contribution in [-0.2, 0) is 11.2 Å². The predicted molar refractivity (Wildman–Crippen MR) is 49.4 cm³/mol. The summed E-state index contributed by atoms with van der Waals surface area (Å²) in [6.45, 7) is 0.619. The Hall–Kier alpha value is -1.09. The number of nitrogens with one attached hydrogen (secondary N) is 1. The summed E-state index contributed by atoms with van der Waals surface area (Å²) >= 11 is 0. The fourth-order valence-electron chi connectivity index (χ4n) is 1.72. The molecule has 13 heavy (non-hydrogen) atoms. The van der Waals surface area contributed by atoms with Crippen LogP contribution < -0.4 is 5.32 Å². The third-order valence-corrected chi connectivity index (χ3v) is 2.30. The van der Waals surface area contributed by atoms with Gasteiger partial charge in [-0.2, -0.15) is 0 Å². The first-order valence-electron chi connectivity index (χ1n) is 4.34. The number of benzene rings is 1. The quantitative estimate of drug-likeness (QED) is 0.751. The van der Waals surface area contributed by atoms with E-state index in [1.807, 2.05) is 6.07 Å². The van der Waals surface area contributed by atoms with Gasteiger partial charge in [-0.25, -0.2) is 4.39 Å². The second-order valence-corrected chi connectivity index (χ2v) is 3.27. The smallest absolute Gasteiger partial charge is 0.128 e. The van der Waals surface area contributed by atoms with E-state index in [2.05, 4.69) is 5.32 Å². The van der Waals surface area contributed by atoms with Crippen molar-refractivity contribution in [1.82, 2.24) is 0 Å². The van der Waals surface area contributed by atoms with E-state index < -0.39 is 0 Å². The van der Waals surface area contributed by atoms with Crippen molar-refractivity contribution in [2.75, 3.05) is 19.0 Å². The van der Waals surface area contributed by atoms with Crippen LogP contribution in [0.5, 0.6) is 0 Å². The monoisotopic (exact) mass is 181 g/mol. The molecular weight excluding hydrogens is 169 g/mol. The molecular formula is C10H12FNO. The molecule has 0 saturated carbocycles. The molecule has 1 N–H and O–H groups in total. The third kappa shape index (κ3) is 1.52. The van der Waals surface area contributed by atoms with Crippen molar-refractivity contribution >= 4 is 5.69 Å². The van der Waals surface area contributed by atoms with E-state index in [9.17, 15) is 4.39 Å². The van der Waals surface area contributed by atoms with Gasteiger partial charge in [0.25, 0.3) is 0 Å². The predicted octanol–water partition coefficient (Wildman–Crippen LogP) is 1.81. The molecule has 0 radical (unpaired) electrons. The number of anilines is 1. The Balaban J connectivity index is 2.20. The summed E-state index contributed by atoms with van der Waals surface area (Å²) in [5, 5.41) is 3.21. The first-order chi connectivity index (χ1) is 6.31. The summed E-state index contributed by atoms with van der Waals surface area (Å²) in [7, 11) is 1.65. The Morgan fingerprint density at radius 3 is 3.15 bits per heavy atom. The number of fused-ring (bicyclic) bond motifs is 1. The molecule has 2 rings (SSSR count). The van der Waals surface area contributed by atoms with Crippen molar-refractivity contribution in [3.63, 3.8) is 0 Å². The van der Waals surface area contributed by atoms with Crippen molar-refractivity contribution in [1.29, 1.82) is 0 Å². The van der Waals surface area contributed by atoms with Gasteiger partial charge in [-0.05, 0) is 18.6 Å². The molecule has 3 heteroatoms. The molecule has 1 aromatic carbocycles. The minimum Gasteiger partial charge on any atom is -0.383 e. The first kappa shape index (κ1) is 8.51. The Bertz CT molecular complexity index is 314. The van der Waals surface area contributed by atoms with Gasteiger partial charge in [-0.1, -0.05) is 6.07 Å². The van der Waals surface area contributed by atoms with Crippen molar-refractivity contribution in [3.05, 3.63) is 29.6 Å².